The van der Waals surface area contributed by atoms with Gasteiger partial charge < -0.3 is 9.47 Å². The second-order valence-corrected chi connectivity index (χ2v) is 3.94. The number of hydrazine groups is 1. The summed E-state index contributed by atoms with van der Waals surface area (Å²) in [6.45, 7) is 0.760. The van der Waals surface area contributed by atoms with Gasteiger partial charge in [0.2, 0.25) is 5.91 Å². The predicted octanol–water partition coefficient (Wildman–Crippen LogP) is 0.419. The number of amides is 2. The Hall–Kier alpha value is -2.83. The molecule has 0 heterocycles. The molecule has 0 spiro atoms. The number of hydrogen-bond acceptors (Lipinski definition) is 5. The summed E-state index contributed by atoms with van der Waals surface area (Å²) in [5.74, 6) is -1.00. The van der Waals surface area contributed by atoms with E-state index in [1.807, 2.05) is 0 Å². The normalized spacial score (nSPS) is 10.0. The maximum Gasteiger partial charge on any atom is 0.331 e. The van der Waals surface area contributed by atoms with Gasteiger partial charge >= 0.3 is 5.97 Å². The van der Waals surface area contributed by atoms with E-state index in [1.165, 1.54) is 13.0 Å². The van der Waals surface area contributed by atoms with E-state index in [-0.39, 0.29) is 0 Å². The van der Waals surface area contributed by atoms with Gasteiger partial charge in [-0.1, -0.05) is 12.1 Å². The first-order chi connectivity index (χ1) is 10.0. The minimum Gasteiger partial charge on any atom is -0.497 e. The molecule has 0 saturated carbocycles. The first-order valence-corrected chi connectivity index (χ1v) is 6.05. The molecule has 0 fully saturated rings. The van der Waals surface area contributed by atoms with Crippen molar-refractivity contribution in [2.75, 3.05) is 13.7 Å². The summed E-state index contributed by atoms with van der Waals surface area (Å²) in [7, 11) is 1.56. The molecule has 0 saturated heterocycles. The van der Waals surface area contributed by atoms with E-state index >= 15 is 0 Å². The summed E-state index contributed by atoms with van der Waals surface area (Å²) in [6.07, 6.45) is 2.75. The highest BCUT2D eigenvalue weighted by Gasteiger charge is 2.04. The van der Waals surface area contributed by atoms with Crippen molar-refractivity contribution >= 4 is 23.9 Å². The lowest BCUT2D eigenvalue weighted by molar-refractivity contribution is -0.144. The van der Waals surface area contributed by atoms with E-state index in [0.29, 0.717) is 5.75 Å². The minimum atomic E-state index is -0.663. The van der Waals surface area contributed by atoms with Crippen LogP contribution in [0.1, 0.15) is 12.5 Å². The van der Waals surface area contributed by atoms with Crippen LogP contribution in [-0.2, 0) is 19.1 Å². The van der Waals surface area contributed by atoms with Crippen LogP contribution in [0.3, 0.4) is 0 Å². The first-order valence-electron chi connectivity index (χ1n) is 6.05. The minimum absolute atomic E-state index is 0.422. The number of benzene rings is 1. The molecule has 1 aromatic rings. The molecule has 112 valence electrons. The highest BCUT2D eigenvalue weighted by molar-refractivity contribution is 5.89. The van der Waals surface area contributed by atoms with Gasteiger partial charge in [-0.3, -0.25) is 20.4 Å². The number of rotatable bonds is 5. The van der Waals surface area contributed by atoms with Gasteiger partial charge in [0.15, 0.2) is 6.61 Å². The molecule has 0 unspecified atom stereocenters. The van der Waals surface area contributed by atoms with Gasteiger partial charge in [-0.15, -0.1) is 0 Å². The fourth-order valence-electron chi connectivity index (χ4n) is 1.26. The summed E-state index contributed by atoms with van der Waals surface area (Å²) in [4.78, 5) is 33.1. The van der Waals surface area contributed by atoms with Crippen molar-refractivity contribution in [2.45, 2.75) is 6.92 Å². The number of ether oxygens (including phenoxy) is 2. The predicted molar refractivity (Wildman–Crippen MR) is 74.9 cm³/mol. The Morgan fingerprint density at radius 2 is 1.81 bits per heavy atom. The third-order valence-corrected chi connectivity index (χ3v) is 2.25. The molecular weight excluding hydrogens is 276 g/mol. The van der Waals surface area contributed by atoms with Gasteiger partial charge in [-0.05, 0) is 23.8 Å². The number of methoxy groups -OCH3 is 1. The average Bonchev–Trinajstić information content (AvgIpc) is 2.49. The third kappa shape index (κ3) is 6.76. The zero-order valence-electron chi connectivity index (χ0n) is 11.7. The highest BCUT2D eigenvalue weighted by Crippen LogP contribution is 2.12. The molecule has 1 rings (SSSR count). The molecule has 2 amide bonds. The van der Waals surface area contributed by atoms with Gasteiger partial charge in [0, 0.05) is 13.0 Å². The SMILES string of the molecule is COc1ccc(/C=C/C(=O)OCC(=O)NNC(C)=O)cc1. The molecule has 0 aliphatic carbocycles. The Bertz CT molecular complexity index is 537. The van der Waals surface area contributed by atoms with Crippen molar-refractivity contribution in [1.82, 2.24) is 10.9 Å². The van der Waals surface area contributed by atoms with Gasteiger partial charge in [0.1, 0.15) is 5.75 Å². The van der Waals surface area contributed by atoms with Crippen LogP contribution in [0.15, 0.2) is 30.3 Å². The van der Waals surface area contributed by atoms with E-state index in [1.54, 1.807) is 37.5 Å². The first kappa shape index (κ1) is 16.2. The van der Waals surface area contributed by atoms with E-state index in [0.717, 1.165) is 5.56 Å². The Balaban J connectivity index is 2.36. The average molecular weight is 292 g/mol. The quantitative estimate of drug-likeness (QED) is 0.466. The van der Waals surface area contributed by atoms with Crippen molar-refractivity contribution in [1.29, 1.82) is 0 Å². The van der Waals surface area contributed by atoms with Crippen LogP contribution in [-0.4, -0.2) is 31.5 Å². The largest absolute Gasteiger partial charge is 0.497 e. The fraction of sp³-hybridized carbons (Fsp3) is 0.214. The maximum absolute atomic E-state index is 11.4. The Morgan fingerprint density at radius 1 is 1.14 bits per heavy atom. The van der Waals surface area contributed by atoms with Crippen LogP contribution in [0.5, 0.6) is 5.75 Å². The Labute approximate surface area is 121 Å². The number of carbonyl (C=O) groups excluding carboxylic acids is 3. The van der Waals surface area contributed by atoms with E-state index < -0.39 is 24.4 Å². The molecule has 0 atom stereocenters. The van der Waals surface area contributed by atoms with E-state index in [2.05, 4.69) is 15.6 Å². The molecule has 0 aliphatic rings. The molecule has 1 aromatic carbocycles. The lowest BCUT2D eigenvalue weighted by Crippen LogP contribution is -2.42. The molecular formula is C14H16N2O5. The summed E-state index contributed by atoms with van der Waals surface area (Å²) >= 11 is 0. The van der Waals surface area contributed by atoms with Crippen molar-refractivity contribution in [3.05, 3.63) is 35.9 Å². The number of carbonyl (C=O) groups is 3. The smallest absolute Gasteiger partial charge is 0.331 e. The summed E-state index contributed by atoms with van der Waals surface area (Å²) in [6, 6.07) is 7.05. The Morgan fingerprint density at radius 3 is 2.38 bits per heavy atom. The van der Waals surface area contributed by atoms with Crippen LogP contribution in [0, 0.1) is 0 Å². The lowest BCUT2D eigenvalue weighted by atomic mass is 10.2. The van der Waals surface area contributed by atoms with Crippen LogP contribution < -0.4 is 15.6 Å². The van der Waals surface area contributed by atoms with Crippen LogP contribution in [0.4, 0.5) is 0 Å². The van der Waals surface area contributed by atoms with Crippen LogP contribution >= 0.6 is 0 Å². The summed E-state index contributed by atoms with van der Waals surface area (Å²) in [5, 5.41) is 0. The Kier molecular flexibility index (Phi) is 6.46. The van der Waals surface area contributed by atoms with E-state index in [9.17, 15) is 14.4 Å². The van der Waals surface area contributed by atoms with Gasteiger partial charge in [-0.25, -0.2) is 4.79 Å². The third-order valence-electron chi connectivity index (χ3n) is 2.25. The molecule has 21 heavy (non-hydrogen) atoms. The number of nitrogens with one attached hydrogen (secondary N) is 2. The highest BCUT2D eigenvalue weighted by atomic mass is 16.5. The van der Waals surface area contributed by atoms with Gasteiger partial charge in [0.05, 0.1) is 7.11 Å². The van der Waals surface area contributed by atoms with Crippen molar-refractivity contribution in [2.24, 2.45) is 0 Å². The molecule has 0 aliphatic heterocycles. The monoisotopic (exact) mass is 292 g/mol. The maximum atomic E-state index is 11.4. The second kappa shape index (κ2) is 8.36. The zero-order chi connectivity index (χ0) is 15.7. The topological polar surface area (TPSA) is 93.7 Å². The molecule has 2 N–H and O–H groups in total. The lowest BCUT2D eigenvalue weighted by Gasteiger charge is -2.04. The second-order valence-electron chi connectivity index (χ2n) is 3.94. The van der Waals surface area contributed by atoms with Gasteiger partial charge in [0.25, 0.3) is 5.91 Å². The number of esters is 1. The van der Waals surface area contributed by atoms with Gasteiger partial charge in [-0.2, -0.15) is 0 Å². The molecule has 0 bridgehead atoms. The molecule has 7 heteroatoms. The summed E-state index contributed by atoms with van der Waals surface area (Å²) in [5.41, 5.74) is 4.94. The molecule has 7 nitrogen and oxygen atoms in total. The molecule has 0 radical (unpaired) electrons. The van der Waals surface area contributed by atoms with Crippen LogP contribution in [0.25, 0.3) is 6.08 Å². The van der Waals surface area contributed by atoms with Crippen molar-refractivity contribution in [3.63, 3.8) is 0 Å². The fourth-order valence-corrected chi connectivity index (χ4v) is 1.26. The van der Waals surface area contributed by atoms with E-state index in [4.69, 9.17) is 4.74 Å². The molecule has 0 aromatic heterocycles. The van der Waals surface area contributed by atoms with Crippen molar-refractivity contribution in [3.8, 4) is 5.75 Å². The zero-order valence-corrected chi connectivity index (χ0v) is 11.7. The summed E-state index contributed by atoms with van der Waals surface area (Å²) < 4.78 is 9.70. The standard InChI is InChI=1S/C14H16N2O5/c1-10(17)15-16-13(18)9-21-14(19)8-5-11-3-6-12(20-2)7-4-11/h3-8H,9H2,1-2H3,(H,15,17)(H,16,18)/b8-5+. The van der Waals surface area contributed by atoms with Crippen LogP contribution in [0.2, 0.25) is 0 Å². The number of hydrogen-bond donors (Lipinski definition) is 2. The van der Waals surface area contributed by atoms with Crippen molar-refractivity contribution < 1.29 is 23.9 Å².